The molecule has 4 heterocycles. The van der Waals surface area contributed by atoms with Crippen molar-refractivity contribution >= 4 is 28.7 Å². The Bertz CT molecular complexity index is 1030. The average Bonchev–Trinajstić information content (AvgIpc) is 2.95. The summed E-state index contributed by atoms with van der Waals surface area (Å²) in [6.45, 7) is 1.10. The van der Waals surface area contributed by atoms with Crippen molar-refractivity contribution in [1.82, 2.24) is 24.4 Å². The Morgan fingerprint density at radius 2 is 1.89 bits per heavy atom. The lowest BCUT2D eigenvalue weighted by atomic mass is 10.3. The molecule has 1 N–H and O–H groups in total. The van der Waals surface area contributed by atoms with Crippen molar-refractivity contribution < 1.29 is 19.3 Å². The Kier molecular flexibility index (Phi) is 4.53. The molecule has 0 aliphatic carbocycles. The van der Waals surface area contributed by atoms with Crippen molar-refractivity contribution in [1.29, 1.82) is 0 Å². The normalized spacial score (nSPS) is 16.3. The summed E-state index contributed by atoms with van der Waals surface area (Å²) >= 11 is 5.89. The third-order valence-electron chi connectivity index (χ3n) is 4.60. The number of carbonyl (C=O) groups is 1. The standard InChI is InChI=1S/C17H17ClN6O4/c1-24(27)8-6-22(7-9-24)17(26)28-16-14-13(19-4-5-20-14)15(25)23(16)12-3-2-11(18)10-21-12/h2-5,10,25H,6-9H2,1H3. The van der Waals surface area contributed by atoms with E-state index >= 15 is 0 Å². The molecule has 10 nitrogen and oxygen atoms in total. The van der Waals surface area contributed by atoms with E-state index in [9.17, 15) is 15.1 Å². The van der Waals surface area contributed by atoms with Gasteiger partial charge >= 0.3 is 6.09 Å². The summed E-state index contributed by atoms with van der Waals surface area (Å²) in [6.07, 6.45) is 3.62. The Labute approximate surface area is 164 Å². The van der Waals surface area contributed by atoms with Crippen LogP contribution in [-0.2, 0) is 0 Å². The quantitative estimate of drug-likeness (QED) is 0.512. The van der Waals surface area contributed by atoms with E-state index in [2.05, 4.69) is 15.0 Å². The monoisotopic (exact) mass is 404 g/mol. The lowest BCUT2D eigenvalue weighted by molar-refractivity contribution is -0.864. The zero-order valence-corrected chi connectivity index (χ0v) is 15.7. The molecule has 1 aliphatic heterocycles. The summed E-state index contributed by atoms with van der Waals surface area (Å²) < 4.78 is 6.43. The van der Waals surface area contributed by atoms with E-state index in [0.717, 1.165) is 0 Å². The number of aromatic hydroxyl groups is 1. The van der Waals surface area contributed by atoms with Crippen LogP contribution >= 0.6 is 11.6 Å². The minimum Gasteiger partial charge on any atom is -0.633 e. The second-order valence-electron chi connectivity index (χ2n) is 6.65. The molecular weight excluding hydrogens is 388 g/mol. The maximum Gasteiger partial charge on any atom is 0.417 e. The number of hydroxylamine groups is 3. The highest BCUT2D eigenvalue weighted by atomic mass is 35.5. The van der Waals surface area contributed by atoms with Crippen LogP contribution in [0.1, 0.15) is 0 Å². The van der Waals surface area contributed by atoms with Crippen LogP contribution in [-0.4, -0.2) is 73.5 Å². The molecule has 3 aromatic rings. The summed E-state index contributed by atoms with van der Waals surface area (Å²) in [6, 6.07) is 3.16. The van der Waals surface area contributed by atoms with E-state index in [1.54, 1.807) is 19.2 Å². The first-order valence-electron chi connectivity index (χ1n) is 8.54. The number of ether oxygens (including phenoxy) is 1. The van der Waals surface area contributed by atoms with Gasteiger partial charge in [-0.3, -0.25) is 4.90 Å². The molecule has 28 heavy (non-hydrogen) atoms. The van der Waals surface area contributed by atoms with Crippen molar-refractivity contribution in [3.8, 4) is 17.6 Å². The van der Waals surface area contributed by atoms with Crippen LogP contribution in [0, 0.1) is 5.21 Å². The Morgan fingerprint density at radius 3 is 2.54 bits per heavy atom. The number of pyridine rings is 1. The van der Waals surface area contributed by atoms with Gasteiger partial charge in [0.2, 0.25) is 11.8 Å². The van der Waals surface area contributed by atoms with E-state index in [4.69, 9.17) is 16.3 Å². The first kappa shape index (κ1) is 18.4. The van der Waals surface area contributed by atoms with Crippen LogP contribution in [0.15, 0.2) is 30.7 Å². The lowest BCUT2D eigenvalue weighted by Gasteiger charge is -2.44. The van der Waals surface area contributed by atoms with Crippen LogP contribution in [0.5, 0.6) is 11.8 Å². The number of piperazine rings is 1. The minimum absolute atomic E-state index is 0.00892. The van der Waals surface area contributed by atoms with Crippen molar-refractivity contribution in [2.45, 2.75) is 0 Å². The average molecular weight is 405 g/mol. The maximum atomic E-state index is 12.7. The van der Waals surface area contributed by atoms with Crippen molar-refractivity contribution in [2.24, 2.45) is 0 Å². The Morgan fingerprint density at radius 1 is 1.21 bits per heavy atom. The summed E-state index contributed by atoms with van der Waals surface area (Å²) in [5.74, 6) is 0.0143. The number of likely N-dealkylation sites (N-methyl/N-ethyl adjacent to an activating group) is 1. The topological polar surface area (TPSA) is 116 Å². The van der Waals surface area contributed by atoms with Crippen molar-refractivity contribution in [3.63, 3.8) is 0 Å². The third kappa shape index (κ3) is 3.33. The van der Waals surface area contributed by atoms with Gasteiger partial charge in [-0.15, -0.1) is 0 Å². The number of aromatic nitrogens is 4. The first-order chi connectivity index (χ1) is 13.4. The van der Waals surface area contributed by atoms with E-state index in [0.29, 0.717) is 5.02 Å². The largest absolute Gasteiger partial charge is 0.633 e. The molecule has 4 rings (SSSR count). The van der Waals surface area contributed by atoms with Gasteiger partial charge in [-0.05, 0) is 12.1 Å². The summed E-state index contributed by atoms with van der Waals surface area (Å²) in [5.41, 5.74) is 0.385. The van der Waals surface area contributed by atoms with E-state index in [-0.39, 0.29) is 54.8 Å². The predicted octanol–water partition coefficient (Wildman–Crippen LogP) is 1.93. The van der Waals surface area contributed by atoms with Gasteiger partial charge < -0.3 is 19.7 Å². The number of nitrogens with zero attached hydrogens (tertiary/aromatic N) is 6. The Hall–Kier alpha value is -2.95. The number of fused-ring (bicyclic) bond motifs is 1. The van der Waals surface area contributed by atoms with Gasteiger partial charge in [-0.25, -0.2) is 24.3 Å². The molecule has 1 amide bonds. The fraction of sp³-hybridized carbons (Fsp3) is 0.294. The highest BCUT2D eigenvalue weighted by Gasteiger charge is 2.30. The van der Waals surface area contributed by atoms with Gasteiger partial charge in [0.1, 0.15) is 5.82 Å². The van der Waals surface area contributed by atoms with Crippen LogP contribution in [0.25, 0.3) is 16.9 Å². The first-order valence-corrected chi connectivity index (χ1v) is 8.92. The van der Waals surface area contributed by atoms with Crippen LogP contribution in [0.3, 0.4) is 0 Å². The lowest BCUT2D eigenvalue weighted by Crippen LogP contribution is -2.55. The van der Waals surface area contributed by atoms with E-state index in [1.165, 1.54) is 28.1 Å². The minimum atomic E-state index is -0.639. The van der Waals surface area contributed by atoms with Crippen molar-refractivity contribution in [2.75, 3.05) is 33.2 Å². The molecule has 1 aliphatic rings. The number of rotatable bonds is 2. The second-order valence-corrected chi connectivity index (χ2v) is 7.09. The van der Waals surface area contributed by atoms with Crippen LogP contribution < -0.4 is 4.74 Å². The zero-order chi connectivity index (χ0) is 19.9. The van der Waals surface area contributed by atoms with Gasteiger partial charge in [0, 0.05) is 18.6 Å². The number of hydrogen-bond acceptors (Lipinski definition) is 7. The van der Waals surface area contributed by atoms with Crippen LogP contribution in [0.2, 0.25) is 5.02 Å². The third-order valence-corrected chi connectivity index (χ3v) is 4.82. The Balaban J connectivity index is 1.72. The molecule has 0 spiro atoms. The maximum absolute atomic E-state index is 12.7. The predicted molar refractivity (Wildman–Crippen MR) is 100 cm³/mol. The molecule has 0 unspecified atom stereocenters. The molecule has 11 heteroatoms. The number of carbonyl (C=O) groups excluding carboxylic acids is 1. The number of halogens is 1. The fourth-order valence-corrected chi connectivity index (χ4v) is 3.10. The molecule has 146 valence electrons. The van der Waals surface area contributed by atoms with Crippen molar-refractivity contribution in [3.05, 3.63) is 41.0 Å². The molecule has 0 saturated carbocycles. The summed E-state index contributed by atoms with van der Waals surface area (Å²) in [4.78, 5) is 26.6. The number of amides is 1. The molecule has 0 radical (unpaired) electrons. The zero-order valence-electron chi connectivity index (χ0n) is 14.9. The van der Waals surface area contributed by atoms with Gasteiger partial charge in [0.15, 0.2) is 11.0 Å². The number of quaternary nitrogens is 1. The number of hydrogen-bond donors (Lipinski definition) is 1. The SMILES string of the molecule is C[N+]1([O-])CCN(C(=O)Oc2c3nccnc3c(O)n2-c2ccc(Cl)cn2)CC1. The molecule has 0 aromatic carbocycles. The molecule has 0 atom stereocenters. The van der Waals surface area contributed by atoms with E-state index < -0.39 is 10.7 Å². The molecule has 1 saturated heterocycles. The second kappa shape index (κ2) is 6.89. The molecule has 0 bridgehead atoms. The molecular formula is C17H17ClN6O4. The van der Waals surface area contributed by atoms with Gasteiger partial charge in [-0.1, -0.05) is 11.6 Å². The highest BCUT2D eigenvalue weighted by molar-refractivity contribution is 6.30. The van der Waals surface area contributed by atoms with E-state index in [1.807, 2.05) is 0 Å². The summed E-state index contributed by atoms with van der Waals surface area (Å²) in [5, 5.41) is 23.0. The fourth-order valence-electron chi connectivity index (χ4n) is 2.99. The van der Waals surface area contributed by atoms with Crippen LogP contribution in [0.4, 0.5) is 4.79 Å². The smallest absolute Gasteiger partial charge is 0.417 e. The molecule has 1 fully saturated rings. The van der Waals surface area contributed by atoms with Gasteiger partial charge in [-0.2, -0.15) is 0 Å². The van der Waals surface area contributed by atoms with Gasteiger partial charge in [0.05, 0.1) is 38.2 Å². The highest BCUT2D eigenvalue weighted by Crippen LogP contribution is 2.37. The molecule has 3 aromatic heterocycles. The van der Waals surface area contributed by atoms with Gasteiger partial charge in [0.25, 0.3) is 0 Å². The summed E-state index contributed by atoms with van der Waals surface area (Å²) in [7, 11) is 1.57.